The highest BCUT2D eigenvalue weighted by atomic mass is 16.6. The zero-order valence-electron chi connectivity index (χ0n) is 32.3. The highest BCUT2D eigenvalue weighted by Crippen LogP contribution is 2.32. The number of unbranched alkanes of at least 4 members (excludes halogenated alkanes) is 13. The van der Waals surface area contributed by atoms with E-state index in [1.54, 1.807) is 0 Å². The van der Waals surface area contributed by atoms with Crippen molar-refractivity contribution < 1.29 is 33.2 Å². The van der Waals surface area contributed by atoms with Crippen molar-refractivity contribution in [2.45, 2.75) is 136 Å². The first-order chi connectivity index (χ1) is 25.1. The maximum absolute atomic E-state index is 13.9. The van der Waals surface area contributed by atoms with Crippen molar-refractivity contribution in [3.8, 4) is 23.0 Å². The van der Waals surface area contributed by atoms with E-state index in [2.05, 4.69) is 20.8 Å². The number of hydrogen-bond donors (Lipinski definition) is 0. The van der Waals surface area contributed by atoms with Crippen molar-refractivity contribution in [1.29, 1.82) is 0 Å². The summed E-state index contributed by atoms with van der Waals surface area (Å²) >= 11 is 0. The fraction of sp³-hybridized carbons (Fsp3) is 0.698. The van der Waals surface area contributed by atoms with Crippen LogP contribution in [0.3, 0.4) is 0 Å². The molecule has 0 aromatic heterocycles. The van der Waals surface area contributed by atoms with Crippen LogP contribution >= 0.6 is 0 Å². The highest BCUT2D eigenvalue weighted by molar-refractivity contribution is 5.77. The lowest BCUT2D eigenvalue weighted by Crippen LogP contribution is -2.48. The number of rotatable bonds is 22. The quantitative estimate of drug-likeness (QED) is 0.113. The molecule has 2 aromatic carbocycles. The van der Waals surface area contributed by atoms with Gasteiger partial charge in [-0.1, -0.05) is 135 Å². The Bertz CT molecular complexity index is 1110. The molecule has 0 unspecified atom stereocenters. The molecule has 1 aliphatic heterocycles. The Balaban J connectivity index is 1.83. The van der Waals surface area contributed by atoms with Gasteiger partial charge >= 0.3 is 0 Å². The van der Waals surface area contributed by atoms with Gasteiger partial charge < -0.3 is 33.3 Å². The molecule has 3 rings (SSSR count). The van der Waals surface area contributed by atoms with Gasteiger partial charge in [0.15, 0.2) is 23.0 Å². The van der Waals surface area contributed by atoms with E-state index < -0.39 is 5.60 Å². The molecule has 8 nitrogen and oxygen atoms in total. The van der Waals surface area contributed by atoms with Gasteiger partial charge in [-0.05, 0) is 43.5 Å². The summed E-state index contributed by atoms with van der Waals surface area (Å²) in [6, 6.07) is 15.4. The summed E-state index contributed by atoms with van der Waals surface area (Å²) in [5.41, 5.74) is -0.880. The van der Waals surface area contributed by atoms with Crippen LogP contribution in [-0.4, -0.2) is 75.7 Å². The molecule has 1 aliphatic rings. The smallest absolute Gasteiger partial charge is 0.248 e. The van der Waals surface area contributed by atoms with Crippen molar-refractivity contribution in [3.63, 3.8) is 0 Å². The first-order valence-electron chi connectivity index (χ1n) is 20.3. The van der Waals surface area contributed by atoms with E-state index in [9.17, 15) is 4.79 Å². The van der Waals surface area contributed by atoms with Crippen molar-refractivity contribution in [3.05, 3.63) is 48.5 Å². The Morgan fingerprint density at radius 3 is 1.45 bits per heavy atom. The summed E-state index contributed by atoms with van der Waals surface area (Å²) in [7, 11) is 0. The van der Waals surface area contributed by atoms with Crippen LogP contribution in [0.1, 0.15) is 130 Å². The molecular formula is C43H69NO7. The number of hydrogen-bond acceptors (Lipinski definition) is 7. The minimum Gasteiger partial charge on any atom is -0.487 e. The molecule has 0 aliphatic carbocycles. The predicted octanol–water partition coefficient (Wildman–Crippen LogP) is 10.2. The molecule has 0 saturated carbocycles. The fourth-order valence-electron chi connectivity index (χ4n) is 6.37. The van der Waals surface area contributed by atoms with E-state index in [1.165, 1.54) is 51.4 Å². The van der Waals surface area contributed by atoms with E-state index in [0.717, 1.165) is 64.5 Å². The Morgan fingerprint density at radius 1 is 0.569 bits per heavy atom. The van der Waals surface area contributed by atoms with Crippen molar-refractivity contribution >= 4 is 5.91 Å². The molecule has 0 atom stereocenters. The van der Waals surface area contributed by atoms with E-state index in [0.29, 0.717) is 55.8 Å². The maximum atomic E-state index is 13.9. The maximum Gasteiger partial charge on any atom is 0.248 e. The number of nitrogens with zero attached hydrogens (tertiary/aromatic N) is 1. The van der Waals surface area contributed by atoms with Crippen molar-refractivity contribution in [1.82, 2.24) is 4.90 Å². The zero-order valence-corrected chi connectivity index (χ0v) is 32.3. The first-order valence-corrected chi connectivity index (χ1v) is 20.3. The van der Waals surface area contributed by atoms with Gasteiger partial charge in [0.25, 0.3) is 0 Å². The number of carbonyl (C=O) groups is 1. The van der Waals surface area contributed by atoms with Gasteiger partial charge in [-0.3, -0.25) is 4.79 Å². The summed E-state index contributed by atoms with van der Waals surface area (Å²) in [5, 5.41) is 0. The molecule has 8 heteroatoms. The molecule has 288 valence electrons. The van der Waals surface area contributed by atoms with Gasteiger partial charge in [0.1, 0.15) is 38.6 Å². The average Bonchev–Trinajstić information content (AvgIpc) is 3.15. The second kappa shape index (κ2) is 26.8. The number of amides is 1. The van der Waals surface area contributed by atoms with E-state index >= 15 is 0 Å². The summed E-state index contributed by atoms with van der Waals surface area (Å²) in [5.74, 6) is 2.60. The van der Waals surface area contributed by atoms with Crippen LogP contribution in [0.15, 0.2) is 48.5 Å². The Hall–Kier alpha value is -2.97. The minimum absolute atomic E-state index is 0.0175. The molecule has 1 amide bonds. The lowest BCUT2D eigenvalue weighted by molar-refractivity contribution is -0.151. The summed E-state index contributed by atoms with van der Waals surface area (Å²) < 4.78 is 37.8. The van der Waals surface area contributed by atoms with Crippen LogP contribution in [0, 0.1) is 0 Å². The summed E-state index contributed by atoms with van der Waals surface area (Å²) in [4.78, 5) is 15.9. The largest absolute Gasteiger partial charge is 0.487 e. The normalized spacial score (nSPS) is 15.0. The number of ether oxygens (including phenoxy) is 6. The van der Waals surface area contributed by atoms with Crippen LogP contribution in [0.5, 0.6) is 23.0 Å². The van der Waals surface area contributed by atoms with Crippen molar-refractivity contribution in [2.24, 2.45) is 0 Å². The molecule has 0 N–H and O–H groups in total. The molecule has 0 radical (unpaired) electrons. The van der Waals surface area contributed by atoms with Crippen LogP contribution in [-0.2, 0) is 14.3 Å². The fourth-order valence-corrected chi connectivity index (χ4v) is 6.37. The second-order valence-corrected chi connectivity index (χ2v) is 14.0. The third-order valence-corrected chi connectivity index (χ3v) is 9.55. The van der Waals surface area contributed by atoms with E-state index in [4.69, 9.17) is 28.4 Å². The van der Waals surface area contributed by atoms with E-state index in [1.807, 2.05) is 53.4 Å². The van der Waals surface area contributed by atoms with Crippen LogP contribution in [0.25, 0.3) is 0 Å². The molecule has 2 aromatic rings. The molecule has 0 spiro atoms. The molecule has 1 heterocycles. The van der Waals surface area contributed by atoms with Gasteiger partial charge in [-0.15, -0.1) is 0 Å². The standard InChI is InChI=1S/C43H69NO7/c1-4-7-10-11-12-13-14-15-16-21-28-43(51-35-42(45)44(29-22-8-5-2)30-23-9-6-3)36-49-40-26-19-17-24-38(40)47-33-31-46-32-34-48-39-25-18-20-27-41(39)50-37-43/h17-20,24-27H,4-16,21-23,28-37H2,1-3H3. The van der Waals surface area contributed by atoms with Crippen LogP contribution < -0.4 is 18.9 Å². The van der Waals surface area contributed by atoms with E-state index in [-0.39, 0.29) is 25.7 Å². The SMILES string of the molecule is CCCCCCCCCCCCC1(OCC(=O)N(CCCCC)CCCCC)COc2ccccc2OCCOCCOc2ccccc2OC1. The second-order valence-electron chi connectivity index (χ2n) is 14.0. The van der Waals surface area contributed by atoms with Gasteiger partial charge in [0.05, 0.1) is 13.2 Å². The van der Waals surface area contributed by atoms with Gasteiger partial charge in [0, 0.05) is 13.1 Å². The van der Waals surface area contributed by atoms with Gasteiger partial charge in [0.2, 0.25) is 5.91 Å². The topological polar surface area (TPSA) is 75.7 Å². The summed E-state index contributed by atoms with van der Waals surface area (Å²) in [6.07, 6.45) is 19.5. The lowest BCUT2D eigenvalue weighted by atomic mass is 9.96. The Morgan fingerprint density at radius 2 is 0.980 bits per heavy atom. The number of para-hydroxylation sites is 4. The molecule has 0 fully saturated rings. The van der Waals surface area contributed by atoms with Gasteiger partial charge in [-0.25, -0.2) is 0 Å². The third-order valence-electron chi connectivity index (χ3n) is 9.55. The number of carbonyl (C=O) groups excluding carboxylic acids is 1. The first kappa shape index (κ1) is 42.4. The number of benzene rings is 2. The van der Waals surface area contributed by atoms with Crippen LogP contribution in [0.2, 0.25) is 0 Å². The average molecular weight is 712 g/mol. The minimum atomic E-state index is -0.880. The molecule has 51 heavy (non-hydrogen) atoms. The van der Waals surface area contributed by atoms with Gasteiger partial charge in [-0.2, -0.15) is 0 Å². The highest BCUT2D eigenvalue weighted by Gasteiger charge is 2.35. The molecular weight excluding hydrogens is 642 g/mol. The molecule has 0 saturated heterocycles. The van der Waals surface area contributed by atoms with Crippen molar-refractivity contribution in [2.75, 3.05) is 59.3 Å². The zero-order chi connectivity index (χ0) is 36.2. The third kappa shape index (κ3) is 17.4. The summed E-state index contributed by atoms with van der Waals surface area (Å²) in [6.45, 7) is 10.2. The number of fused-ring (bicyclic) bond motifs is 2. The Kier molecular flexibility index (Phi) is 22.3. The molecule has 0 bridgehead atoms. The lowest BCUT2D eigenvalue weighted by Gasteiger charge is -2.35. The monoisotopic (exact) mass is 712 g/mol. The Labute approximate surface area is 309 Å². The predicted molar refractivity (Wildman–Crippen MR) is 206 cm³/mol. The van der Waals surface area contributed by atoms with Crippen LogP contribution in [0.4, 0.5) is 0 Å².